The quantitative estimate of drug-likeness (QED) is 0.286. The Kier molecular flexibility index (Phi) is 8.11. The molecule has 36 heavy (non-hydrogen) atoms. The van der Waals surface area contributed by atoms with Crippen molar-refractivity contribution in [2.75, 3.05) is 31.9 Å². The Bertz CT molecular complexity index is 1440. The van der Waals surface area contributed by atoms with Gasteiger partial charge >= 0.3 is 5.97 Å². The van der Waals surface area contributed by atoms with E-state index in [9.17, 15) is 9.59 Å². The van der Waals surface area contributed by atoms with E-state index < -0.39 is 5.97 Å². The molecule has 0 fully saturated rings. The molecule has 9 nitrogen and oxygen atoms in total. The lowest BCUT2D eigenvalue weighted by Crippen LogP contribution is -2.13. The van der Waals surface area contributed by atoms with Gasteiger partial charge in [-0.05, 0) is 48.9 Å². The number of ether oxygens (including phenoxy) is 2. The fraction of sp³-hybridized carbons (Fsp3) is 0.154. The van der Waals surface area contributed by atoms with Crippen LogP contribution in [-0.2, 0) is 0 Å². The summed E-state index contributed by atoms with van der Waals surface area (Å²) in [6, 6.07) is 14.9. The van der Waals surface area contributed by atoms with E-state index in [0.29, 0.717) is 39.9 Å². The second kappa shape index (κ2) is 11.0. The van der Waals surface area contributed by atoms with E-state index in [4.69, 9.17) is 19.6 Å². The van der Waals surface area contributed by atoms with Gasteiger partial charge in [0.05, 0.1) is 31.0 Å². The maximum Gasteiger partial charge on any atom is 0.335 e. The number of amides is 1. The average Bonchev–Trinajstić information content (AvgIpc) is 2.88. The van der Waals surface area contributed by atoms with Crippen LogP contribution in [0, 0.1) is 6.92 Å². The molecule has 4 rings (SSSR count). The molecule has 3 N–H and O–H groups in total. The molecule has 0 aliphatic heterocycles. The molecule has 0 atom stereocenters. The highest BCUT2D eigenvalue weighted by molar-refractivity contribution is 8.93. The van der Waals surface area contributed by atoms with Crippen molar-refractivity contribution in [3.05, 3.63) is 71.3 Å². The number of carboxylic acid groups (broad SMARTS) is 1. The third-order valence-electron chi connectivity index (χ3n) is 5.66. The second-order valence-electron chi connectivity index (χ2n) is 7.68. The fourth-order valence-corrected chi connectivity index (χ4v) is 3.76. The average molecular weight is 553 g/mol. The first-order chi connectivity index (χ1) is 16.9. The van der Waals surface area contributed by atoms with Crippen LogP contribution in [0.15, 0.2) is 54.6 Å². The molecule has 4 aromatic rings. The molecule has 0 radical (unpaired) electrons. The Balaban J connectivity index is 0.00000361. The van der Waals surface area contributed by atoms with Gasteiger partial charge in [-0.2, -0.15) is 0 Å². The van der Waals surface area contributed by atoms with Gasteiger partial charge < -0.3 is 25.2 Å². The molecule has 3 aromatic carbocycles. The summed E-state index contributed by atoms with van der Waals surface area (Å²) in [7, 11) is 4.87. The number of hydrogen-bond acceptors (Lipinski definition) is 7. The van der Waals surface area contributed by atoms with Crippen LogP contribution >= 0.6 is 17.0 Å². The largest absolute Gasteiger partial charge is 0.493 e. The number of rotatable bonds is 7. The summed E-state index contributed by atoms with van der Waals surface area (Å²) in [6.07, 6.45) is 0. The number of aromatic carboxylic acids is 1. The third kappa shape index (κ3) is 5.08. The SMILES string of the molecule is Br.CNc1nc(-c2cccc(NC(=O)c3ccc(C(=O)O)cc3)c2C)c2cc(OC)c(OC)cc2n1. The standard InChI is InChI=1S/C26H24N4O5.BrH/c1-14-17(6-5-7-19(14)28-24(31)15-8-10-16(11-9-15)25(32)33)23-18-12-21(34-3)22(35-4)13-20(18)29-26(27-2)30-23;/h5-13H,1-4H3,(H,28,31)(H,32,33)(H,27,29,30);1H. The van der Waals surface area contributed by atoms with E-state index >= 15 is 0 Å². The predicted octanol–water partition coefficient (Wildman–Crippen LogP) is 5.19. The van der Waals surface area contributed by atoms with Gasteiger partial charge in [0.15, 0.2) is 11.5 Å². The molecule has 10 heteroatoms. The van der Waals surface area contributed by atoms with Crippen molar-refractivity contribution in [1.29, 1.82) is 0 Å². The zero-order chi connectivity index (χ0) is 25.1. The number of nitrogens with one attached hydrogen (secondary N) is 2. The second-order valence-corrected chi connectivity index (χ2v) is 7.68. The summed E-state index contributed by atoms with van der Waals surface area (Å²) in [4.78, 5) is 33.2. The van der Waals surface area contributed by atoms with Crippen molar-refractivity contribution >= 4 is 51.4 Å². The van der Waals surface area contributed by atoms with Gasteiger partial charge in [0.25, 0.3) is 5.91 Å². The lowest BCUT2D eigenvalue weighted by Gasteiger charge is -2.16. The van der Waals surface area contributed by atoms with Gasteiger partial charge in [0.1, 0.15) is 0 Å². The number of anilines is 2. The highest BCUT2D eigenvalue weighted by Gasteiger charge is 2.18. The number of carbonyl (C=O) groups is 2. The Labute approximate surface area is 218 Å². The molecule has 1 heterocycles. The van der Waals surface area contributed by atoms with E-state index in [1.165, 1.54) is 24.3 Å². The van der Waals surface area contributed by atoms with Crippen LogP contribution in [0.5, 0.6) is 11.5 Å². The van der Waals surface area contributed by atoms with E-state index in [0.717, 1.165) is 16.5 Å². The molecule has 0 spiro atoms. The maximum absolute atomic E-state index is 12.8. The van der Waals surface area contributed by atoms with Crippen LogP contribution in [0.1, 0.15) is 26.3 Å². The lowest BCUT2D eigenvalue weighted by atomic mass is 9.99. The van der Waals surface area contributed by atoms with Crippen molar-refractivity contribution in [2.45, 2.75) is 6.92 Å². The Morgan fingerprint density at radius 3 is 2.17 bits per heavy atom. The molecule has 0 aliphatic carbocycles. The Hall–Kier alpha value is -4.18. The van der Waals surface area contributed by atoms with Gasteiger partial charge in [-0.15, -0.1) is 17.0 Å². The summed E-state index contributed by atoms with van der Waals surface area (Å²) in [5.74, 6) is 0.143. The molecule has 0 unspecified atom stereocenters. The first-order valence-corrected chi connectivity index (χ1v) is 10.7. The van der Waals surface area contributed by atoms with Crippen molar-refractivity contribution in [1.82, 2.24) is 9.97 Å². The van der Waals surface area contributed by atoms with E-state index in [1.54, 1.807) is 33.4 Å². The van der Waals surface area contributed by atoms with Crippen molar-refractivity contribution < 1.29 is 24.2 Å². The number of methoxy groups -OCH3 is 2. The van der Waals surface area contributed by atoms with Crippen molar-refractivity contribution in [2.24, 2.45) is 0 Å². The summed E-state index contributed by atoms with van der Waals surface area (Å²) >= 11 is 0. The third-order valence-corrected chi connectivity index (χ3v) is 5.66. The molecular formula is C26H25BrN4O5. The highest BCUT2D eigenvalue weighted by Crippen LogP contribution is 2.38. The zero-order valence-electron chi connectivity index (χ0n) is 20.1. The first-order valence-electron chi connectivity index (χ1n) is 10.7. The van der Waals surface area contributed by atoms with Crippen LogP contribution in [0.3, 0.4) is 0 Å². The molecule has 1 aromatic heterocycles. The minimum absolute atomic E-state index is 0. The number of nitrogens with zero attached hydrogens (tertiary/aromatic N) is 2. The van der Waals surface area contributed by atoms with Gasteiger partial charge in [0, 0.05) is 35.3 Å². The van der Waals surface area contributed by atoms with Crippen LogP contribution in [0.2, 0.25) is 0 Å². The lowest BCUT2D eigenvalue weighted by molar-refractivity contribution is 0.0696. The molecular weight excluding hydrogens is 528 g/mol. The number of carboxylic acids is 1. The summed E-state index contributed by atoms with van der Waals surface area (Å²) < 4.78 is 10.9. The number of aromatic nitrogens is 2. The monoisotopic (exact) mass is 552 g/mol. The van der Waals surface area contributed by atoms with Gasteiger partial charge in [0.2, 0.25) is 5.95 Å². The topological polar surface area (TPSA) is 123 Å². The molecule has 0 saturated carbocycles. The molecule has 0 saturated heterocycles. The van der Waals surface area contributed by atoms with E-state index in [1.807, 2.05) is 25.1 Å². The first kappa shape index (κ1) is 26.4. The van der Waals surface area contributed by atoms with Crippen LogP contribution in [0.25, 0.3) is 22.2 Å². The number of hydrogen-bond donors (Lipinski definition) is 3. The van der Waals surface area contributed by atoms with Crippen molar-refractivity contribution in [3.8, 4) is 22.8 Å². The highest BCUT2D eigenvalue weighted by atomic mass is 79.9. The van der Waals surface area contributed by atoms with Gasteiger partial charge in [-0.25, -0.2) is 14.8 Å². The fourth-order valence-electron chi connectivity index (χ4n) is 3.76. The summed E-state index contributed by atoms with van der Waals surface area (Å²) in [5, 5.41) is 15.7. The van der Waals surface area contributed by atoms with Crippen LogP contribution in [0.4, 0.5) is 11.6 Å². The van der Waals surface area contributed by atoms with E-state index in [2.05, 4.69) is 15.6 Å². The number of benzene rings is 3. The number of fused-ring (bicyclic) bond motifs is 1. The number of halogens is 1. The molecule has 0 aliphatic rings. The zero-order valence-corrected chi connectivity index (χ0v) is 21.8. The summed E-state index contributed by atoms with van der Waals surface area (Å²) in [5.41, 5.74) is 4.02. The van der Waals surface area contributed by atoms with Gasteiger partial charge in [-0.3, -0.25) is 4.79 Å². The predicted molar refractivity (Wildman–Crippen MR) is 144 cm³/mol. The van der Waals surface area contributed by atoms with Crippen LogP contribution in [-0.4, -0.2) is 48.2 Å². The van der Waals surface area contributed by atoms with Gasteiger partial charge in [-0.1, -0.05) is 12.1 Å². The van der Waals surface area contributed by atoms with Crippen LogP contribution < -0.4 is 20.1 Å². The number of carbonyl (C=O) groups excluding carboxylic acids is 1. The molecule has 1 amide bonds. The Morgan fingerprint density at radius 1 is 0.917 bits per heavy atom. The minimum atomic E-state index is -1.05. The maximum atomic E-state index is 12.8. The Morgan fingerprint density at radius 2 is 1.56 bits per heavy atom. The summed E-state index contributed by atoms with van der Waals surface area (Å²) in [6.45, 7) is 1.90. The molecule has 0 bridgehead atoms. The van der Waals surface area contributed by atoms with Crippen molar-refractivity contribution in [3.63, 3.8) is 0 Å². The van der Waals surface area contributed by atoms with E-state index in [-0.39, 0.29) is 28.5 Å². The normalized spacial score (nSPS) is 10.3. The smallest absolute Gasteiger partial charge is 0.335 e. The molecule has 186 valence electrons. The minimum Gasteiger partial charge on any atom is -0.493 e.